The van der Waals surface area contributed by atoms with Crippen LogP contribution in [0.5, 0.6) is 5.75 Å². The zero-order valence-electron chi connectivity index (χ0n) is 15.4. The molecule has 2 N–H and O–H groups in total. The first-order chi connectivity index (χ1) is 13.1. The third-order valence-electron chi connectivity index (χ3n) is 4.30. The lowest BCUT2D eigenvalue weighted by Gasteiger charge is -2.11. The van der Waals surface area contributed by atoms with Crippen LogP contribution in [0.4, 0.5) is 5.69 Å². The van der Waals surface area contributed by atoms with E-state index >= 15 is 0 Å². The Morgan fingerprint density at radius 1 is 1.19 bits per heavy atom. The molecule has 1 fully saturated rings. The maximum absolute atomic E-state index is 12.1. The molecular formula is C21H24N2O4. The van der Waals surface area contributed by atoms with Crippen LogP contribution in [0.15, 0.2) is 48.5 Å². The highest BCUT2D eigenvalue weighted by molar-refractivity contribution is 5.96. The molecular weight excluding hydrogens is 344 g/mol. The van der Waals surface area contributed by atoms with Gasteiger partial charge in [-0.2, -0.15) is 0 Å². The van der Waals surface area contributed by atoms with Crippen LogP contribution in [0.25, 0.3) is 0 Å². The molecule has 27 heavy (non-hydrogen) atoms. The quantitative estimate of drug-likeness (QED) is 0.788. The number of ether oxygens (including phenoxy) is 2. The summed E-state index contributed by atoms with van der Waals surface area (Å²) in [6.07, 6.45) is 2.14. The lowest BCUT2D eigenvalue weighted by Crippen LogP contribution is -2.31. The van der Waals surface area contributed by atoms with E-state index in [4.69, 9.17) is 9.47 Å². The zero-order chi connectivity index (χ0) is 19.1. The molecule has 1 heterocycles. The van der Waals surface area contributed by atoms with Crippen molar-refractivity contribution in [3.8, 4) is 5.75 Å². The summed E-state index contributed by atoms with van der Waals surface area (Å²) in [7, 11) is 0. The topological polar surface area (TPSA) is 76.7 Å². The van der Waals surface area contributed by atoms with Crippen molar-refractivity contribution in [2.75, 3.05) is 25.1 Å². The van der Waals surface area contributed by atoms with Crippen LogP contribution in [0, 0.1) is 6.92 Å². The lowest BCUT2D eigenvalue weighted by atomic mass is 10.2. The molecule has 2 aromatic carbocycles. The Hall–Kier alpha value is -2.86. The normalized spacial score (nSPS) is 16.0. The van der Waals surface area contributed by atoms with Crippen LogP contribution in [-0.4, -0.2) is 37.7 Å². The van der Waals surface area contributed by atoms with E-state index in [-0.39, 0.29) is 24.5 Å². The molecule has 6 nitrogen and oxygen atoms in total. The molecule has 0 aromatic heterocycles. The van der Waals surface area contributed by atoms with Gasteiger partial charge in [0.25, 0.3) is 11.8 Å². The standard InChI is InChI=1S/C21H24N2O4/c1-15-4-2-5-18(12-15)27-14-20(24)23-17-9-7-16(8-10-17)21(25)22-13-19-6-3-11-26-19/h2,4-5,7-10,12,19H,3,6,11,13-14H2,1H3,(H,22,25)(H,23,24)/t19-/m1/s1. The molecule has 0 radical (unpaired) electrons. The fourth-order valence-corrected chi connectivity index (χ4v) is 2.87. The maximum Gasteiger partial charge on any atom is 0.262 e. The van der Waals surface area contributed by atoms with E-state index in [1.165, 1.54) is 0 Å². The molecule has 2 aromatic rings. The van der Waals surface area contributed by atoms with Gasteiger partial charge in [0.2, 0.25) is 0 Å². The Bertz CT molecular complexity index is 783. The van der Waals surface area contributed by atoms with Crippen LogP contribution in [-0.2, 0) is 9.53 Å². The van der Waals surface area contributed by atoms with Crippen LogP contribution in [0.3, 0.4) is 0 Å². The Labute approximate surface area is 158 Å². The van der Waals surface area contributed by atoms with Crippen molar-refractivity contribution in [1.82, 2.24) is 5.32 Å². The van der Waals surface area contributed by atoms with Crippen LogP contribution >= 0.6 is 0 Å². The SMILES string of the molecule is Cc1cccc(OCC(=O)Nc2ccc(C(=O)NC[C@H]3CCCO3)cc2)c1. The van der Waals surface area contributed by atoms with Crippen molar-refractivity contribution in [2.24, 2.45) is 0 Å². The predicted octanol–water partition coefficient (Wildman–Crippen LogP) is 2.92. The molecule has 0 bridgehead atoms. The van der Waals surface area contributed by atoms with E-state index in [0.717, 1.165) is 25.0 Å². The van der Waals surface area contributed by atoms with Crippen LogP contribution < -0.4 is 15.4 Å². The smallest absolute Gasteiger partial charge is 0.262 e. The Morgan fingerprint density at radius 3 is 2.70 bits per heavy atom. The van der Waals surface area contributed by atoms with E-state index < -0.39 is 0 Å². The molecule has 2 amide bonds. The molecule has 1 aliphatic heterocycles. The van der Waals surface area contributed by atoms with E-state index in [0.29, 0.717) is 23.5 Å². The van der Waals surface area contributed by atoms with Crippen LogP contribution in [0.1, 0.15) is 28.8 Å². The van der Waals surface area contributed by atoms with E-state index in [1.807, 2.05) is 31.2 Å². The van der Waals surface area contributed by atoms with Gasteiger partial charge in [-0.15, -0.1) is 0 Å². The minimum atomic E-state index is -0.257. The molecule has 142 valence electrons. The molecule has 0 unspecified atom stereocenters. The molecule has 0 spiro atoms. The molecule has 3 rings (SSSR count). The number of aryl methyl sites for hydroxylation is 1. The average Bonchev–Trinajstić information content (AvgIpc) is 3.19. The largest absolute Gasteiger partial charge is 0.484 e. The Morgan fingerprint density at radius 2 is 2.00 bits per heavy atom. The molecule has 0 saturated carbocycles. The monoisotopic (exact) mass is 368 g/mol. The maximum atomic E-state index is 12.1. The number of hydrogen-bond donors (Lipinski definition) is 2. The molecule has 0 aliphatic carbocycles. The summed E-state index contributed by atoms with van der Waals surface area (Å²) < 4.78 is 11.0. The number of rotatable bonds is 7. The average molecular weight is 368 g/mol. The second-order valence-electron chi connectivity index (χ2n) is 6.58. The number of carbonyl (C=O) groups excluding carboxylic acids is 2. The van der Waals surface area contributed by atoms with E-state index in [1.54, 1.807) is 24.3 Å². The van der Waals surface area contributed by atoms with Gasteiger partial charge in [0, 0.05) is 24.4 Å². The lowest BCUT2D eigenvalue weighted by molar-refractivity contribution is -0.118. The van der Waals surface area contributed by atoms with Crippen molar-refractivity contribution in [3.05, 3.63) is 59.7 Å². The van der Waals surface area contributed by atoms with Crippen molar-refractivity contribution in [1.29, 1.82) is 0 Å². The summed E-state index contributed by atoms with van der Waals surface area (Å²) in [6.45, 7) is 3.18. The van der Waals surface area contributed by atoms with E-state index in [9.17, 15) is 9.59 Å². The summed E-state index contributed by atoms with van der Waals surface area (Å²) in [5.41, 5.74) is 2.23. The highest BCUT2D eigenvalue weighted by Gasteiger charge is 2.16. The van der Waals surface area contributed by atoms with Crippen molar-refractivity contribution < 1.29 is 19.1 Å². The summed E-state index contributed by atoms with van der Waals surface area (Å²) in [4.78, 5) is 24.2. The first kappa shape index (κ1) is 18.9. The summed E-state index contributed by atoms with van der Waals surface area (Å²) in [5.74, 6) is 0.252. The first-order valence-electron chi connectivity index (χ1n) is 9.09. The van der Waals surface area contributed by atoms with Gasteiger partial charge >= 0.3 is 0 Å². The Kier molecular flexibility index (Phi) is 6.44. The molecule has 1 saturated heterocycles. The van der Waals surface area contributed by atoms with Gasteiger partial charge in [-0.05, 0) is 61.7 Å². The predicted molar refractivity (Wildman–Crippen MR) is 103 cm³/mol. The van der Waals surface area contributed by atoms with Gasteiger partial charge in [-0.3, -0.25) is 9.59 Å². The second kappa shape index (κ2) is 9.19. The molecule has 1 aliphatic rings. The van der Waals surface area contributed by atoms with Crippen LogP contribution in [0.2, 0.25) is 0 Å². The second-order valence-corrected chi connectivity index (χ2v) is 6.58. The molecule has 6 heteroatoms. The number of anilines is 1. The highest BCUT2D eigenvalue weighted by atomic mass is 16.5. The fourth-order valence-electron chi connectivity index (χ4n) is 2.87. The van der Waals surface area contributed by atoms with Crippen molar-refractivity contribution in [2.45, 2.75) is 25.9 Å². The van der Waals surface area contributed by atoms with Gasteiger partial charge in [0.1, 0.15) is 5.75 Å². The summed E-state index contributed by atoms with van der Waals surface area (Å²) in [6, 6.07) is 14.3. The minimum absolute atomic E-state index is 0.0763. The van der Waals surface area contributed by atoms with Gasteiger partial charge in [0.15, 0.2) is 6.61 Å². The van der Waals surface area contributed by atoms with Gasteiger partial charge in [0.05, 0.1) is 6.10 Å². The number of carbonyl (C=O) groups is 2. The minimum Gasteiger partial charge on any atom is -0.484 e. The van der Waals surface area contributed by atoms with Gasteiger partial charge in [-0.25, -0.2) is 0 Å². The number of amides is 2. The third kappa shape index (κ3) is 5.82. The summed E-state index contributed by atoms with van der Waals surface area (Å²) >= 11 is 0. The van der Waals surface area contributed by atoms with E-state index in [2.05, 4.69) is 10.6 Å². The summed E-state index contributed by atoms with van der Waals surface area (Å²) in [5, 5.41) is 5.63. The highest BCUT2D eigenvalue weighted by Crippen LogP contribution is 2.14. The zero-order valence-corrected chi connectivity index (χ0v) is 15.4. The first-order valence-corrected chi connectivity index (χ1v) is 9.09. The van der Waals surface area contributed by atoms with Crippen molar-refractivity contribution in [3.63, 3.8) is 0 Å². The van der Waals surface area contributed by atoms with Crippen molar-refractivity contribution >= 4 is 17.5 Å². The number of hydrogen-bond acceptors (Lipinski definition) is 4. The number of nitrogens with one attached hydrogen (secondary N) is 2. The van der Waals surface area contributed by atoms with Gasteiger partial charge in [-0.1, -0.05) is 12.1 Å². The third-order valence-corrected chi connectivity index (χ3v) is 4.30. The molecule has 1 atom stereocenters. The fraction of sp³-hybridized carbons (Fsp3) is 0.333. The number of benzene rings is 2. The Balaban J connectivity index is 1.45. The van der Waals surface area contributed by atoms with Gasteiger partial charge < -0.3 is 20.1 Å².